The zero-order valence-corrected chi connectivity index (χ0v) is 13.3. The lowest BCUT2D eigenvalue weighted by atomic mass is 10.1. The van der Waals surface area contributed by atoms with Crippen molar-refractivity contribution in [3.63, 3.8) is 0 Å². The lowest BCUT2D eigenvalue weighted by molar-refractivity contribution is -0.133. The van der Waals surface area contributed by atoms with Gasteiger partial charge in [-0.1, -0.05) is 18.2 Å². The number of piperidine rings is 1. The Balaban J connectivity index is 2.09. The van der Waals surface area contributed by atoms with Gasteiger partial charge < -0.3 is 4.90 Å². The van der Waals surface area contributed by atoms with Gasteiger partial charge in [-0.15, -0.1) is 0 Å². The highest BCUT2D eigenvalue weighted by Crippen LogP contribution is 2.15. The van der Waals surface area contributed by atoms with Crippen molar-refractivity contribution in [1.29, 1.82) is 0 Å². The topological polar surface area (TPSA) is 66.5 Å². The van der Waals surface area contributed by atoms with E-state index < -0.39 is 16.1 Å². The monoisotopic (exact) mass is 310 g/mol. The first-order valence-corrected chi connectivity index (χ1v) is 8.77. The van der Waals surface area contributed by atoms with Gasteiger partial charge in [0.05, 0.1) is 10.9 Å². The summed E-state index contributed by atoms with van der Waals surface area (Å²) < 4.78 is 27.2. The molecular weight excluding hydrogens is 288 g/mol. The van der Waals surface area contributed by atoms with Gasteiger partial charge in [-0.05, 0) is 44.7 Å². The molecule has 6 heteroatoms. The Morgan fingerprint density at radius 1 is 1.19 bits per heavy atom. The summed E-state index contributed by atoms with van der Waals surface area (Å²) in [5.41, 5.74) is 0.669. The zero-order chi connectivity index (χ0) is 15.5. The van der Waals surface area contributed by atoms with Gasteiger partial charge in [0.2, 0.25) is 15.9 Å². The number of aryl methyl sites for hydroxylation is 1. The molecule has 5 nitrogen and oxygen atoms in total. The molecule has 0 radical (unpaired) electrons. The molecule has 0 bridgehead atoms. The van der Waals surface area contributed by atoms with Gasteiger partial charge in [0.1, 0.15) is 0 Å². The maximum Gasteiger partial charge on any atom is 0.241 e. The third-order valence-electron chi connectivity index (χ3n) is 3.75. The number of hydrogen-bond donors (Lipinski definition) is 1. The fourth-order valence-corrected chi connectivity index (χ4v) is 4.04. The number of amides is 1. The van der Waals surface area contributed by atoms with E-state index in [2.05, 4.69) is 4.72 Å². The molecule has 1 fully saturated rings. The number of nitrogens with one attached hydrogen (secondary N) is 1. The molecule has 0 aliphatic carbocycles. The van der Waals surface area contributed by atoms with E-state index in [9.17, 15) is 13.2 Å². The lowest BCUT2D eigenvalue weighted by Crippen LogP contribution is -2.48. The molecule has 2 rings (SSSR count). The molecule has 1 atom stereocenters. The van der Waals surface area contributed by atoms with Crippen LogP contribution in [0.5, 0.6) is 0 Å². The number of benzene rings is 1. The molecule has 1 amide bonds. The normalized spacial score (nSPS) is 17.5. The van der Waals surface area contributed by atoms with Gasteiger partial charge in [0.15, 0.2) is 0 Å². The number of rotatable bonds is 4. The first kappa shape index (κ1) is 16.0. The minimum Gasteiger partial charge on any atom is -0.341 e. The standard InChI is InChI=1S/C15H22N2O3S/c1-12-8-4-5-9-14(12)21(19,20)16-13(2)15(18)17-10-6-3-7-11-17/h4-5,8-9,13,16H,3,6-7,10-11H2,1-2H3/t13-/m0/s1. The number of sulfonamides is 1. The molecular formula is C15H22N2O3S. The summed E-state index contributed by atoms with van der Waals surface area (Å²) >= 11 is 0. The molecule has 1 aliphatic rings. The van der Waals surface area contributed by atoms with Crippen LogP contribution in [0.2, 0.25) is 0 Å². The fourth-order valence-electron chi connectivity index (χ4n) is 2.59. The average Bonchev–Trinajstić information content (AvgIpc) is 2.47. The van der Waals surface area contributed by atoms with Gasteiger partial charge >= 0.3 is 0 Å². The van der Waals surface area contributed by atoms with Crippen LogP contribution in [0, 0.1) is 6.92 Å². The third-order valence-corrected chi connectivity index (χ3v) is 5.45. The van der Waals surface area contributed by atoms with Crippen molar-refractivity contribution in [3.8, 4) is 0 Å². The lowest BCUT2D eigenvalue weighted by Gasteiger charge is -2.29. The third kappa shape index (κ3) is 3.83. The van der Waals surface area contributed by atoms with E-state index in [0.29, 0.717) is 5.56 Å². The van der Waals surface area contributed by atoms with Crippen LogP contribution < -0.4 is 4.72 Å². The second-order valence-electron chi connectivity index (χ2n) is 5.49. The maximum atomic E-state index is 12.4. The number of carbonyl (C=O) groups excluding carboxylic acids is 1. The Hall–Kier alpha value is -1.40. The molecule has 21 heavy (non-hydrogen) atoms. The Labute approximate surface area is 126 Å². The highest BCUT2D eigenvalue weighted by molar-refractivity contribution is 7.89. The van der Waals surface area contributed by atoms with E-state index >= 15 is 0 Å². The summed E-state index contributed by atoms with van der Waals surface area (Å²) in [6.07, 6.45) is 3.11. The van der Waals surface area contributed by atoms with E-state index in [1.165, 1.54) is 0 Å². The van der Waals surface area contributed by atoms with Crippen molar-refractivity contribution in [3.05, 3.63) is 29.8 Å². The predicted molar refractivity (Wildman–Crippen MR) is 81.4 cm³/mol. The van der Waals surface area contributed by atoms with E-state index in [0.717, 1.165) is 32.4 Å². The van der Waals surface area contributed by atoms with Crippen LogP contribution in [0.4, 0.5) is 0 Å². The molecule has 0 unspecified atom stereocenters. The fraction of sp³-hybridized carbons (Fsp3) is 0.533. The van der Waals surface area contributed by atoms with E-state index in [1.54, 1.807) is 43.0 Å². The quantitative estimate of drug-likeness (QED) is 0.920. The molecule has 1 aromatic rings. The van der Waals surface area contributed by atoms with Gasteiger partial charge in [0, 0.05) is 13.1 Å². The summed E-state index contributed by atoms with van der Waals surface area (Å²) in [5.74, 6) is -0.146. The highest BCUT2D eigenvalue weighted by atomic mass is 32.2. The molecule has 116 valence electrons. The van der Waals surface area contributed by atoms with Gasteiger partial charge in [-0.2, -0.15) is 4.72 Å². The van der Waals surface area contributed by atoms with Crippen molar-refractivity contribution >= 4 is 15.9 Å². The summed E-state index contributed by atoms with van der Waals surface area (Å²) in [6.45, 7) is 4.78. The Morgan fingerprint density at radius 2 is 1.81 bits per heavy atom. The second-order valence-corrected chi connectivity index (χ2v) is 7.18. The minimum absolute atomic E-state index is 0.146. The molecule has 1 N–H and O–H groups in total. The Kier molecular flexibility index (Phi) is 5.00. The smallest absolute Gasteiger partial charge is 0.241 e. The summed E-state index contributed by atoms with van der Waals surface area (Å²) in [5, 5.41) is 0. The minimum atomic E-state index is -3.67. The maximum absolute atomic E-state index is 12.4. The van der Waals surface area contributed by atoms with Gasteiger partial charge in [-0.25, -0.2) is 8.42 Å². The van der Waals surface area contributed by atoms with Crippen molar-refractivity contribution in [2.24, 2.45) is 0 Å². The number of nitrogens with zero attached hydrogens (tertiary/aromatic N) is 1. The highest BCUT2D eigenvalue weighted by Gasteiger charge is 2.27. The van der Waals surface area contributed by atoms with Crippen molar-refractivity contribution in [2.75, 3.05) is 13.1 Å². The molecule has 0 aromatic heterocycles. The van der Waals surface area contributed by atoms with Crippen molar-refractivity contribution in [2.45, 2.75) is 44.0 Å². The summed E-state index contributed by atoms with van der Waals surface area (Å²) in [4.78, 5) is 14.3. The molecule has 1 saturated heterocycles. The van der Waals surface area contributed by atoms with Crippen LogP contribution in [0.15, 0.2) is 29.2 Å². The van der Waals surface area contributed by atoms with Crippen LogP contribution >= 0.6 is 0 Å². The summed E-state index contributed by atoms with van der Waals surface area (Å²) in [6, 6.07) is 6.02. The molecule has 1 aromatic carbocycles. The van der Waals surface area contributed by atoms with E-state index in [-0.39, 0.29) is 10.8 Å². The zero-order valence-electron chi connectivity index (χ0n) is 12.5. The molecule has 1 aliphatic heterocycles. The number of hydrogen-bond acceptors (Lipinski definition) is 3. The van der Waals surface area contributed by atoms with Gasteiger partial charge in [-0.3, -0.25) is 4.79 Å². The molecule has 1 heterocycles. The second kappa shape index (κ2) is 6.58. The largest absolute Gasteiger partial charge is 0.341 e. The van der Waals surface area contributed by atoms with Crippen LogP contribution in [0.3, 0.4) is 0 Å². The predicted octanol–water partition coefficient (Wildman–Crippen LogP) is 1.67. The molecule has 0 saturated carbocycles. The van der Waals surface area contributed by atoms with Crippen LogP contribution in [0.25, 0.3) is 0 Å². The van der Waals surface area contributed by atoms with E-state index in [1.807, 2.05) is 0 Å². The number of likely N-dealkylation sites (tertiary alicyclic amines) is 1. The van der Waals surface area contributed by atoms with Crippen molar-refractivity contribution in [1.82, 2.24) is 9.62 Å². The Morgan fingerprint density at radius 3 is 2.43 bits per heavy atom. The van der Waals surface area contributed by atoms with Gasteiger partial charge in [0.25, 0.3) is 0 Å². The average molecular weight is 310 g/mol. The van der Waals surface area contributed by atoms with Crippen LogP contribution in [-0.4, -0.2) is 38.4 Å². The number of carbonyl (C=O) groups is 1. The van der Waals surface area contributed by atoms with Crippen LogP contribution in [-0.2, 0) is 14.8 Å². The van der Waals surface area contributed by atoms with Crippen molar-refractivity contribution < 1.29 is 13.2 Å². The van der Waals surface area contributed by atoms with Crippen LogP contribution in [0.1, 0.15) is 31.7 Å². The first-order valence-electron chi connectivity index (χ1n) is 7.28. The SMILES string of the molecule is Cc1ccccc1S(=O)(=O)N[C@@H](C)C(=O)N1CCCCC1. The molecule has 0 spiro atoms. The Bertz CT molecular complexity index is 607. The summed E-state index contributed by atoms with van der Waals surface area (Å²) in [7, 11) is -3.67. The first-order chi connectivity index (χ1) is 9.92. The van der Waals surface area contributed by atoms with E-state index in [4.69, 9.17) is 0 Å².